The minimum absolute atomic E-state index is 0.105. The Morgan fingerprint density at radius 3 is 2.65 bits per heavy atom. The molecule has 0 fully saturated rings. The Labute approximate surface area is 132 Å². The number of rotatable bonds is 4. The van der Waals surface area contributed by atoms with Gasteiger partial charge >= 0.3 is 0 Å². The van der Waals surface area contributed by atoms with Crippen molar-refractivity contribution in [3.63, 3.8) is 0 Å². The third kappa shape index (κ3) is 3.73. The molecule has 0 atom stereocenters. The number of oxime groups is 1. The number of amides is 1. The van der Waals surface area contributed by atoms with Crippen molar-refractivity contribution in [2.75, 3.05) is 24.3 Å². The van der Waals surface area contributed by atoms with Crippen molar-refractivity contribution in [3.8, 4) is 0 Å². The van der Waals surface area contributed by atoms with Crippen LogP contribution in [0.1, 0.15) is 15.9 Å². The van der Waals surface area contributed by atoms with E-state index >= 15 is 0 Å². The van der Waals surface area contributed by atoms with Crippen LogP contribution in [0.3, 0.4) is 0 Å². The number of hydrogen-bond donors (Lipinski definition) is 3. The summed E-state index contributed by atoms with van der Waals surface area (Å²) < 4.78 is 13.6. The highest BCUT2D eigenvalue weighted by molar-refractivity contribution is 6.05. The van der Waals surface area contributed by atoms with Crippen molar-refractivity contribution in [1.29, 1.82) is 0 Å². The monoisotopic (exact) mass is 317 g/mol. The maximum absolute atomic E-state index is 13.6. The molecule has 2 rings (SSSR count). The summed E-state index contributed by atoms with van der Waals surface area (Å²) in [5.41, 5.74) is 5.94. The number of carbonyl (C=O) groups excluding carboxylic acids is 1. The van der Waals surface area contributed by atoms with Gasteiger partial charge in [0.05, 0.1) is 11.1 Å². The second-order valence-corrected chi connectivity index (χ2v) is 4.93. The molecule has 1 heterocycles. The molecule has 2 aromatic rings. The largest absolute Gasteiger partial charge is 0.409 e. The van der Waals surface area contributed by atoms with E-state index in [-0.39, 0.29) is 11.4 Å². The fourth-order valence-corrected chi connectivity index (χ4v) is 1.84. The topological polar surface area (TPSA) is 104 Å². The molecule has 1 amide bonds. The number of aromatic nitrogens is 1. The number of nitrogens with two attached hydrogens (primary N) is 1. The normalized spacial score (nSPS) is 11.2. The van der Waals surface area contributed by atoms with Crippen LogP contribution in [0.5, 0.6) is 0 Å². The fourth-order valence-electron chi connectivity index (χ4n) is 1.84. The van der Waals surface area contributed by atoms with Gasteiger partial charge in [-0.05, 0) is 30.3 Å². The summed E-state index contributed by atoms with van der Waals surface area (Å²) in [4.78, 5) is 18.1. The van der Waals surface area contributed by atoms with Gasteiger partial charge in [0.1, 0.15) is 11.6 Å². The van der Waals surface area contributed by atoms with Crippen LogP contribution >= 0.6 is 0 Å². The molecule has 0 bridgehead atoms. The van der Waals surface area contributed by atoms with Crippen LogP contribution in [-0.2, 0) is 0 Å². The van der Waals surface area contributed by atoms with Crippen molar-refractivity contribution < 1.29 is 14.4 Å². The lowest BCUT2D eigenvalue weighted by Crippen LogP contribution is -2.17. The van der Waals surface area contributed by atoms with Gasteiger partial charge < -0.3 is 21.2 Å². The smallest absolute Gasteiger partial charge is 0.257 e. The predicted octanol–water partition coefficient (Wildman–Crippen LogP) is 1.63. The van der Waals surface area contributed by atoms with Gasteiger partial charge in [-0.15, -0.1) is 0 Å². The molecule has 0 aliphatic carbocycles. The molecule has 0 unspecified atom stereocenters. The van der Waals surface area contributed by atoms with Gasteiger partial charge in [0, 0.05) is 26.0 Å². The molecule has 0 radical (unpaired) electrons. The first-order chi connectivity index (χ1) is 10.9. The van der Waals surface area contributed by atoms with E-state index in [1.807, 2.05) is 19.0 Å². The Hall–Kier alpha value is -3.16. The molecule has 0 saturated carbocycles. The second-order valence-electron chi connectivity index (χ2n) is 4.93. The molecule has 8 heteroatoms. The maximum Gasteiger partial charge on any atom is 0.257 e. The summed E-state index contributed by atoms with van der Waals surface area (Å²) in [6.45, 7) is 0. The number of benzene rings is 1. The molecule has 1 aromatic carbocycles. The zero-order valence-corrected chi connectivity index (χ0v) is 12.6. The zero-order valence-electron chi connectivity index (χ0n) is 12.6. The first-order valence-electron chi connectivity index (χ1n) is 6.64. The third-order valence-electron chi connectivity index (χ3n) is 3.08. The highest BCUT2D eigenvalue weighted by Crippen LogP contribution is 2.16. The van der Waals surface area contributed by atoms with Crippen LogP contribution in [0.25, 0.3) is 0 Å². The van der Waals surface area contributed by atoms with Gasteiger partial charge in [0.15, 0.2) is 5.84 Å². The molecular weight excluding hydrogens is 301 g/mol. The number of pyridine rings is 1. The Morgan fingerprint density at radius 1 is 1.35 bits per heavy atom. The zero-order chi connectivity index (χ0) is 17.0. The number of amidine groups is 1. The van der Waals surface area contributed by atoms with E-state index in [9.17, 15) is 9.18 Å². The quantitative estimate of drug-likeness (QED) is 0.344. The first-order valence-corrected chi connectivity index (χ1v) is 6.64. The Bertz CT molecular complexity index is 744. The average Bonchev–Trinajstić information content (AvgIpc) is 2.55. The lowest BCUT2D eigenvalue weighted by Gasteiger charge is -2.11. The summed E-state index contributed by atoms with van der Waals surface area (Å²) in [5, 5.41) is 14.0. The van der Waals surface area contributed by atoms with E-state index in [1.54, 1.807) is 12.1 Å². The van der Waals surface area contributed by atoms with Crippen molar-refractivity contribution >= 4 is 23.2 Å². The molecule has 4 N–H and O–H groups in total. The minimum Gasteiger partial charge on any atom is -0.409 e. The van der Waals surface area contributed by atoms with E-state index in [1.165, 1.54) is 18.3 Å². The molecule has 7 nitrogen and oxygen atoms in total. The number of halogens is 1. The molecule has 0 aliphatic heterocycles. The van der Waals surface area contributed by atoms with E-state index in [2.05, 4.69) is 15.5 Å². The van der Waals surface area contributed by atoms with Crippen LogP contribution in [0.15, 0.2) is 41.7 Å². The highest BCUT2D eigenvalue weighted by Gasteiger charge is 2.11. The highest BCUT2D eigenvalue weighted by atomic mass is 19.1. The second kappa shape index (κ2) is 6.73. The molecule has 0 spiro atoms. The first kappa shape index (κ1) is 16.2. The van der Waals surface area contributed by atoms with E-state index in [0.717, 1.165) is 11.9 Å². The van der Waals surface area contributed by atoms with Crippen molar-refractivity contribution in [2.24, 2.45) is 10.9 Å². The molecule has 1 aromatic heterocycles. The third-order valence-corrected chi connectivity index (χ3v) is 3.08. The van der Waals surface area contributed by atoms with Gasteiger partial charge in [-0.2, -0.15) is 0 Å². The van der Waals surface area contributed by atoms with Gasteiger partial charge in [0.2, 0.25) is 0 Å². The molecule has 0 saturated heterocycles. The lowest BCUT2D eigenvalue weighted by molar-refractivity contribution is 0.102. The van der Waals surface area contributed by atoms with E-state index in [4.69, 9.17) is 10.9 Å². The number of anilines is 2. The Morgan fingerprint density at radius 2 is 2.09 bits per heavy atom. The fraction of sp³-hybridized carbons (Fsp3) is 0.133. The lowest BCUT2D eigenvalue weighted by atomic mass is 10.1. The van der Waals surface area contributed by atoms with Crippen LogP contribution in [0, 0.1) is 5.82 Å². The summed E-state index contributed by atoms with van der Waals surface area (Å²) in [5.74, 6) is -0.719. The molecule has 0 aliphatic rings. The summed E-state index contributed by atoms with van der Waals surface area (Å²) in [7, 11) is 3.68. The van der Waals surface area contributed by atoms with Gasteiger partial charge in [0.25, 0.3) is 5.91 Å². The molecular formula is C15H16FN5O2. The SMILES string of the molecule is CN(C)c1ccc(C(=O)Nc2ccc(F)c(C(N)=NO)c2)cn1. The van der Waals surface area contributed by atoms with Gasteiger partial charge in [-0.25, -0.2) is 9.37 Å². The van der Waals surface area contributed by atoms with Gasteiger partial charge in [-0.3, -0.25) is 4.79 Å². The molecule has 120 valence electrons. The Kier molecular flexibility index (Phi) is 4.75. The van der Waals surface area contributed by atoms with Crippen molar-refractivity contribution in [3.05, 3.63) is 53.5 Å². The van der Waals surface area contributed by atoms with Crippen LogP contribution in [0.4, 0.5) is 15.9 Å². The number of nitrogens with zero attached hydrogens (tertiary/aromatic N) is 3. The number of nitrogens with one attached hydrogen (secondary N) is 1. The van der Waals surface area contributed by atoms with E-state index < -0.39 is 11.7 Å². The predicted molar refractivity (Wildman–Crippen MR) is 85.4 cm³/mol. The summed E-state index contributed by atoms with van der Waals surface area (Å²) in [6.07, 6.45) is 1.44. The minimum atomic E-state index is -0.657. The Balaban J connectivity index is 2.20. The maximum atomic E-state index is 13.6. The van der Waals surface area contributed by atoms with Crippen molar-refractivity contribution in [1.82, 2.24) is 4.98 Å². The summed E-state index contributed by atoms with van der Waals surface area (Å²) >= 11 is 0. The van der Waals surface area contributed by atoms with Crippen molar-refractivity contribution in [2.45, 2.75) is 0 Å². The number of hydrogen-bond acceptors (Lipinski definition) is 5. The average molecular weight is 317 g/mol. The molecule has 23 heavy (non-hydrogen) atoms. The number of carbonyl (C=O) groups is 1. The standard InChI is InChI=1S/C15H16FN5O2/c1-21(2)13-6-3-9(8-18-13)15(22)19-10-4-5-12(16)11(7-10)14(17)20-23/h3-8,23H,1-2H3,(H2,17,20)(H,19,22). The van der Waals surface area contributed by atoms with Gasteiger partial charge in [-0.1, -0.05) is 5.16 Å². The summed E-state index contributed by atoms with van der Waals surface area (Å²) in [6, 6.07) is 7.12. The van der Waals surface area contributed by atoms with Crippen LogP contribution in [0.2, 0.25) is 0 Å². The van der Waals surface area contributed by atoms with Crippen LogP contribution in [-0.4, -0.2) is 36.0 Å². The van der Waals surface area contributed by atoms with E-state index in [0.29, 0.717) is 11.3 Å². The van der Waals surface area contributed by atoms with Crippen LogP contribution < -0.4 is 16.0 Å².